The Morgan fingerprint density at radius 2 is 1.24 bits per heavy atom. The molecule has 160 valence electrons. The lowest BCUT2D eigenvalue weighted by Gasteiger charge is -2.13. The second kappa shape index (κ2) is 12.4. The molecule has 1 aromatic carbocycles. The number of benzene rings is 1. The first-order chi connectivity index (χ1) is 13.6. The van der Waals surface area contributed by atoms with E-state index < -0.39 is 0 Å². The highest BCUT2D eigenvalue weighted by Crippen LogP contribution is 2.34. The van der Waals surface area contributed by atoms with Gasteiger partial charge in [0.2, 0.25) is 0 Å². The maximum absolute atomic E-state index is 10.7. The van der Waals surface area contributed by atoms with E-state index in [0.29, 0.717) is 18.6 Å². The second-order valence-electron chi connectivity index (χ2n) is 8.66. The number of phenols is 2. The highest BCUT2D eigenvalue weighted by Gasteiger charge is 2.13. The highest BCUT2D eigenvalue weighted by atomic mass is 16.3. The predicted octanol–water partition coefficient (Wildman–Crippen LogP) is 7.88. The fraction of sp³-hybridized carbons (Fsp3) is 0.481. The molecule has 0 saturated carbocycles. The summed E-state index contributed by atoms with van der Waals surface area (Å²) in [7, 11) is 0. The third-order valence-electron chi connectivity index (χ3n) is 5.24. The van der Waals surface area contributed by atoms with Crippen LogP contribution in [0.1, 0.15) is 83.9 Å². The maximum Gasteiger partial charge on any atom is 0.122 e. The summed E-state index contributed by atoms with van der Waals surface area (Å²) in [5.74, 6) is 0.584. The molecule has 0 heterocycles. The predicted molar refractivity (Wildman–Crippen MR) is 127 cm³/mol. The molecule has 0 fully saturated rings. The van der Waals surface area contributed by atoms with Crippen LogP contribution in [0.3, 0.4) is 0 Å². The first-order valence-electron chi connectivity index (χ1n) is 10.7. The summed E-state index contributed by atoms with van der Waals surface area (Å²) in [6.07, 6.45) is 14.2. The molecule has 0 amide bonds. The zero-order valence-corrected chi connectivity index (χ0v) is 19.5. The topological polar surface area (TPSA) is 40.5 Å². The molecule has 0 atom stereocenters. The molecule has 0 spiro atoms. The lowest BCUT2D eigenvalue weighted by atomic mass is 9.96. The van der Waals surface area contributed by atoms with Crippen molar-refractivity contribution in [1.29, 1.82) is 0 Å². The van der Waals surface area contributed by atoms with Crippen molar-refractivity contribution in [3.8, 4) is 11.5 Å². The minimum absolute atomic E-state index is 0.277. The maximum atomic E-state index is 10.7. The Morgan fingerprint density at radius 1 is 0.759 bits per heavy atom. The molecule has 2 heteroatoms. The van der Waals surface area contributed by atoms with Crippen LogP contribution in [0.2, 0.25) is 0 Å². The Balaban J connectivity index is 2.84. The molecule has 1 aromatic rings. The zero-order valence-electron chi connectivity index (χ0n) is 19.5. The van der Waals surface area contributed by atoms with Gasteiger partial charge in [0, 0.05) is 11.1 Å². The first-order valence-corrected chi connectivity index (χ1v) is 10.7. The number of phenolic OH excluding ortho intramolecular Hbond substituents is 2. The first kappa shape index (κ1) is 24.8. The van der Waals surface area contributed by atoms with Crippen molar-refractivity contribution < 1.29 is 10.2 Å². The van der Waals surface area contributed by atoms with Crippen LogP contribution >= 0.6 is 0 Å². The van der Waals surface area contributed by atoms with Crippen LogP contribution in [0.4, 0.5) is 0 Å². The van der Waals surface area contributed by atoms with Crippen molar-refractivity contribution in [1.82, 2.24) is 0 Å². The van der Waals surface area contributed by atoms with Gasteiger partial charge in [0.25, 0.3) is 0 Å². The number of rotatable bonds is 10. The van der Waals surface area contributed by atoms with Crippen molar-refractivity contribution in [2.24, 2.45) is 0 Å². The molecule has 0 saturated heterocycles. The van der Waals surface area contributed by atoms with Gasteiger partial charge >= 0.3 is 0 Å². The number of hydrogen-bond donors (Lipinski definition) is 2. The van der Waals surface area contributed by atoms with E-state index in [9.17, 15) is 10.2 Å². The van der Waals surface area contributed by atoms with Gasteiger partial charge in [0.1, 0.15) is 11.5 Å². The van der Waals surface area contributed by atoms with Crippen molar-refractivity contribution in [3.63, 3.8) is 0 Å². The Kier molecular flexibility index (Phi) is 10.6. The quantitative estimate of drug-likeness (QED) is 0.312. The van der Waals surface area contributed by atoms with Crippen LogP contribution < -0.4 is 0 Å². The number of hydrogen-bond acceptors (Lipinski definition) is 2. The van der Waals surface area contributed by atoms with E-state index in [4.69, 9.17) is 0 Å². The van der Waals surface area contributed by atoms with E-state index in [2.05, 4.69) is 65.8 Å². The molecule has 0 aliphatic heterocycles. The second-order valence-corrected chi connectivity index (χ2v) is 8.66. The summed E-state index contributed by atoms with van der Waals surface area (Å²) in [5.41, 5.74) is 7.68. The molecule has 0 aliphatic rings. The van der Waals surface area contributed by atoms with Gasteiger partial charge in [-0.05, 0) is 98.6 Å². The fourth-order valence-corrected chi connectivity index (χ4v) is 3.25. The van der Waals surface area contributed by atoms with E-state index in [-0.39, 0.29) is 5.75 Å². The summed E-state index contributed by atoms with van der Waals surface area (Å²) in [6, 6.07) is 1.73. The monoisotopic (exact) mass is 396 g/mol. The largest absolute Gasteiger partial charge is 0.508 e. The van der Waals surface area contributed by atoms with Gasteiger partial charge in [-0.25, -0.2) is 0 Å². The number of aromatic hydroxyl groups is 2. The van der Waals surface area contributed by atoms with Crippen LogP contribution in [-0.2, 0) is 12.8 Å². The molecule has 0 unspecified atom stereocenters. The van der Waals surface area contributed by atoms with Gasteiger partial charge in [-0.1, -0.05) is 46.6 Å². The van der Waals surface area contributed by atoms with Gasteiger partial charge in [-0.15, -0.1) is 0 Å². The lowest BCUT2D eigenvalue weighted by molar-refractivity contribution is 0.447. The molecule has 2 N–H and O–H groups in total. The minimum atomic E-state index is 0.277. The number of allylic oxidation sites excluding steroid dienone is 8. The van der Waals surface area contributed by atoms with Crippen molar-refractivity contribution in [3.05, 3.63) is 69.4 Å². The van der Waals surface area contributed by atoms with Gasteiger partial charge in [-0.3, -0.25) is 0 Å². The van der Waals surface area contributed by atoms with Crippen LogP contribution in [0.15, 0.2) is 52.7 Å². The van der Waals surface area contributed by atoms with E-state index in [1.807, 2.05) is 6.92 Å². The summed E-state index contributed by atoms with van der Waals surface area (Å²) < 4.78 is 0. The van der Waals surface area contributed by atoms with Crippen molar-refractivity contribution >= 4 is 0 Å². The van der Waals surface area contributed by atoms with Gasteiger partial charge in [-0.2, -0.15) is 0 Å². The molecule has 29 heavy (non-hydrogen) atoms. The fourth-order valence-electron chi connectivity index (χ4n) is 3.25. The smallest absolute Gasteiger partial charge is 0.122 e. The van der Waals surface area contributed by atoms with Crippen molar-refractivity contribution in [2.45, 2.75) is 87.0 Å². The molecular formula is C27H40O2. The summed E-state index contributed by atoms with van der Waals surface area (Å²) in [6.45, 7) is 14.6. The normalized spacial score (nSPS) is 12.1. The summed E-state index contributed by atoms with van der Waals surface area (Å²) in [5, 5.41) is 21.2. The van der Waals surface area contributed by atoms with E-state index >= 15 is 0 Å². The zero-order chi connectivity index (χ0) is 22.0. The minimum Gasteiger partial charge on any atom is -0.508 e. The summed E-state index contributed by atoms with van der Waals surface area (Å²) in [4.78, 5) is 0. The third kappa shape index (κ3) is 9.21. The average molecular weight is 397 g/mol. The van der Waals surface area contributed by atoms with Crippen LogP contribution in [0.5, 0.6) is 11.5 Å². The standard InChI is InChI=1S/C27H40O2/c1-19(2)10-8-12-21(5)14-16-24-18-26(28)25(23(7)27(24)29)17-15-22(6)13-9-11-20(3)4/h10-11,14-15,18,28-29H,8-9,12-13,16-17H2,1-7H3. The third-order valence-corrected chi connectivity index (χ3v) is 5.24. The van der Waals surface area contributed by atoms with Crippen LogP contribution in [0.25, 0.3) is 0 Å². The van der Waals surface area contributed by atoms with E-state index in [1.165, 1.54) is 22.3 Å². The van der Waals surface area contributed by atoms with Gasteiger partial charge < -0.3 is 10.2 Å². The van der Waals surface area contributed by atoms with Crippen molar-refractivity contribution in [2.75, 3.05) is 0 Å². The van der Waals surface area contributed by atoms with E-state index in [1.54, 1.807) is 6.07 Å². The Morgan fingerprint density at radius 3 is 1.72 bits per heavy atom. The molecule has 0 bridgehead atoms. The highest BCUT2D eigenvalue weighted by molar-refractivity contribution is 5.53. The van der Waals surface area contributed by atoms with Crippen LogP contribution in [0, 0.1) is 6.92 Å². The Bertz CT molecular complexity index is 796. The van der Waals surface area contributed by atoms with E-state index in [0.717, 1.165) is 42.4 Å². The Labute approximate surface area is 178 Å². The summed E-state index contributed by atoms with van der Waals surface area (Å²) >= 11 is 0. The SMILES string of the molecule is CC(C)=CCCC(C)=CCc1cc(O)c(CC=C(C)CCC=C(C)C)c(C)c1O. The molecule has 0 aliphatic carbocycles. The molecule has 0 aromatic heterocycles. The average Bonchev–Trinajstić information content (AvgIpc) is 2.62. The molecule has 2 nitrogen and oxygen atoms in total. The lowest BCUT2D eigenvalue weighted by Crippen LogP contribution is -1.95. The molecule has 0 radical (unpaired) electrons. The Hall–Kier alpha value is -2.22. The molecular weight excluding hydrogens is 356 g/mol. The van der Waals surface area contributed by atoms with Gasteiger partial charge in [0.05, 0.1) is 0 Å². The van der Waals surface area contributed by atoms with Crippen LogP contribution in [-0.4, -0.2) is 10.2 Å². The van der Waals surface area contributed by atoms with Gasteiger partial charge in [0.15, 0.2) is 0 Å². The molecule has 1 rings (SSSR count).